The zero-order valence-electron chi connectivity index (χ0n) is 41.0. The summed E-state index contributed by atoms with van der Waals surface area (Å²) >= 11 is 0. The highest BCUT2D eigenvalue weighted by Gasteiger charge is 2.59. The molecular formula is C42H73N9O19S2. The molecular weight excluding hydrogens is 999 g/mol. The summed E-state index contributed by atoms with van der Waals surface area (Å²) in [7, 11) is 2.89. The fraction of sp³-hybridized carbons (Fsp3) is 0.810. The molecule has 0 aromatic rings. The zero-order valence-corrected chi connectivity index (χ0v) is 42.6. The second-order valence-corrected chi connectivity index (χ2v) is 20.5. The van der Waals surface area contributed by atoms with Gasteiger partial charge in [0, 0.05) is 37.9 Å². The Bertz CT molecular complexity index is 1880. The molecule has 3 aliphatic rings. The first-order chi connectivity index (χ1) is 33.8. The summed E-state index contributed by atoms with van der Waals surface area (Å²) in [4.78, 5) is 108. The number of nitrogens with one attached hydrogen (secondary N) is 4. The predicted molar refractivity (Wildman–Crippen MR) is 254 cm³/mol. The number of nitrogens with zero attached hydrogens (tertiary/aromatic N) is 2. The van der Waals surface area contributed by atoms with Crippen LogP contribution in [-0.4, -0.2) is 234 Å². The van der Waals surface area contributed by atoms with Crippen LogP contribution in [0.15, 0.2) is 0 Å². The third kappa shape index (κ3) is 16.2. The monoisotopic (exact) mass is 1070 g/mol. The minimum atomic E-state index is -2.90. The summed E-state index contributed by atoms with van der Waals surface area (Å²) < 4.78 is 23.2. The Kier molecular flexibility index (Phi) is 24.7. The molecule has 3 fully saturated rings. The van der Waals surface area contributed by atoms with Crippen LogP contribution in [0.1, 0.15) is 73.6 Å². The Balaban J connectivity index is 1.95. The summed E-state index contributed by atoms with van der Waals surface area (Å²) in [6, 6.07) is -9.70. The van der Waals surface area contributed by atoms with E-state index in [0.29, 0.717) is 12.8 Å². The number of likely N-dealkylation sites (tertiary alicyclic amines) is 1. The molecule has 0 spiro atoms. The van der Waals surface area contributed by atoms with Crippen LogP contribution in [0, 0.1) is 0 Å². The Hall–Kier alpha value is -4.02. The van der Waals surface area contributed by atoms with Gasteiger partial charge in [-0.3, -0.25) is 33.6 Å². The van der Waals surface area contributed by atoms with E-state index in [4.69, 9.17) is 36.1 Å². The smallest absolute Gasteiger partial charge is 0.364 e. The molecule has 0 bridgehead atoms. The number of carbonyl (C=O) groups is 8. The molecule has 0 saturated carbocycles. The number of nitrogens with two attached hydrogens (primary N) is 3. The molecule has 3 heterocycles. The van der Waals surface area contributed by atoms with E-state index in [9.17, 15) is 74.1 Å². The minimum absolute atomic E-state index is 0.191. The SMILES string of the molecule is CCCCSSC[C@H](N)C(=O)N[C@@H](C)C(=O)N[C@H](C(=O)N[C@@H](C)C(=O)N[C@@H](C)C(=O)N1CCC[C@H]1C(N)=O)[C@@H]1O[C@H]2OC(CO[C@](CC(C)O)(OC(CN)[C@H](O)[C@H](O)CO)C(=O)O)[C@H](O)[C@H](O)C2N1C(C)=O. The number of aliphatic hydroxyl groups is 6. The van der Waals surface area contributed by atoms with Crippen molar-refractivity contribution in [3.63, 3.8) is 0 Å². The van der Waals surface area contributed by atoms with Crippen LogP contribution in [-0.2, 0) is 57.3 Å². The second kappa shape index (κ2) is 28.6. The molecule has 30 heteroatoms. The molecule has 72 heavy (non-hydrogen) atoms. The molecule has 3 saturated heterocycles. The van der Waals surface area contributed by atoms with E-state index >= 15 is 0 Å². The highest BCUT2D eigenvalue weighted by atomic mass is 33.1. The highest BCUT2D eigenvalue weighted by Crippen LogP contribution is 2.37. The van der Waals surface area contributed by atoms with Crippen LogP contribution in [0.3, 0.4) is 0 Å². The number of unbranched alkanes of at least 4 members (excludes halogenated alkanes) is 1. The molecule has 3 rings (SSSR count). The number of hydrogen-bond acceptors (Lipinski definition) is 22. The van der Waals surface area contributed by atoms with Gasteiger partial charge in [0.15, 0.2) is 18.6 Å². The normalized spacial score (nSPS) is 26.6. The fourth-order valence-electron chi connectivity index (χ4n) is 8.00. The molecule has 0 aromatic heterocycles. The number of primary amides is 1. The van der Waals surface area contributed by atoms with Crippen molar-refractivity contribution in [1.29, 1.82) is 0 Å². The van der Waals surface area contributed by atoms with Crippen LogP contribution in [0.25, 0.3) is 0 Å². The standard InChI is InChI=1S/C42H73N9O19S2/c1-7-8-12-71-72-17-23(44)36(62)46-20(4)35(61)49-28(37(63)47-19(3)34(60)48-21(5)38(64)50-11-9-10-24(50)33(45)59)39-51(22(6)54)29-32(58)31(57)27(68-40(29)69-39)16-67-42(41(65)66,13-18(2)53)70-26(14-43)30(56)25(55)15-52/h18-21,23-32,39-40,52-53,55-58H,7-17,43-44H2,1-6H3,(H2,45,59)(H,46,62)(H,47,63)(H,48,60)(H,49,61)(H,65,66)/t18?,19-,20-,21-,23-,24-,25+,26?,27?,28+,29?,30+,31-,32+,39-,40+,42+/m0/s1. The van der Waals surface area contributed by atoms with Crippen molar-refractivity contribution < 1.29 is 93.0 Å². The third-order valence-corrected chi connectivity index (χ3v) is 14.5. The van der Waals surface area contributed by atoms with Crippen molar-refractivity contribution in [2.45, 2.75) is 177 Å². The summed E-state index contributed by atoms with van der Waals surface area (Å²) in [6.07, 6.45) is -14.7. The average molecular weight is 1070 g/mol. The summed E-state index contributed by atoms with van der Waals surface area (Å²) in [5, 5.41) is 83.2. The first-order valence-electron chi connectivity index (χ1n) is 23.4. The van der Waals surface area contributed by atoms with Crippen LogP contribution >= 0.6 is 21.6 Å². The van der Waals surface area contributed by atoms with Crippen LogP contribution in [0.5, 0.6) is 0 Å². The van der Waals surface area contributed by atoms with Gasteiger partial charge in [-0.25, -0.2) is 4.79 Å². The van der Waals surface area contributed by atoms with E-state index in [-0.39, 0.29) is 12.3 Å². The van der Waals surface area contributed by atoms with Gasteiger partial charge in [-0.2, -0.15) is 0 Å². The van der Waals surface area contributed by atoms with Crippen LogP contribution in [0.2, 0.25) is 0 Å². The van der Waals surface area contributed by atoms with Gasteiger partial charge in [0.05, 0.1) is 25.4 Å². The molecule has 17 N–H and O–H groups in total. The minimum Gasteiger partial charge on any atom is -0.477 e. The van der Waals surface area contributed by atoms with Crippen molar-refractivity contribution in [3.8, 4) is 0 Å². The van der Waals surface area contributed by atoms with Gasteiger partial charge < -0.3 is 103 Å². The van der Waals surface area contributed by atoms with Crippen LogP contribution < -0.4 is 38.5 Å². The molecule has 0 radical (unpaired) electrons. The number of carbonyl (C=O) groups excluding carboxylic acids is 7. The summed E-state index contributed by atoms with van der Waals surface area (Å²) in [6.45, 7) is 5.63. The molecule has 7 amide bonds. The van der Waals surface area contributed by atoms with Gasteiger partial charge in [0.2, 0.25) is 41.4 Å². The number of hydrogen-bond donors (Lipinski definition) is 14. The lowest BCUT2D eigenvalue weighted by Crippen LogP contribution is -2.65. The molecule has 0 aliphatic carbocycles. The number of aliphatic hydroxyl groups excluding tert-OH is 6. The molecule has 3 aliphatic heterocycles. The van der Waals surface area contributed by atoms with E-state index in [2.05, 4.69) is 21.3 Å². The van der Waals surface area contributed by atoms with Gasteiger partial charge in [0.1, 0.15) is 66.8 Å². The third-order valence-electron chi connectivity index (χ3n) is 12.0. The Morgan fingerprint density at radius 2 is 1.49 bits per heavy atom. The van der Waals surface area contributed by atoms with Crippen molar-refractivity contribution in [1.82, 2.24) is 31.1 Å². The number of carboxylic acids is 1. The van der Waals surface area contributed by atoms with Gasteiger partial charge >= 0.3 is 5.97 Å². The van der Waals surface area contributed by atoms with E-state index in [1.54, 1.807) is 0 Å². The lowest BCUT2D eigenvalue weighted by Gasteiger charge is -2.42. The van der Waals surface area contributed by atoms with Crippen molar-refractivity contribution in [2.75, 3.05) is 37.8 Å². The second-order valence-electron chi connectivity index (χ2n) is 17.9. The number of fused-ring (bicyclic) bond motifs is 1. The lowest BCUT2D eigenvalue weighted by atomic mass is 9.96. The average Bonchev–Trinajstić information content (AvgIpc) is 3.98. The van der Waals surface area contributed by atoms with Gasteiger partial charge in [-0.1, -0.05) is 34.9 Å². The number of carboxylic acid groups (broad SMARTS) is 1. The van der Waals surface area contributed by atoms with Crippen molar-refractivity contribution >= 4 is 68.9 Å². The van der Waals surface area contributed by atoms with Gasteiger partial charge in [0.25, 0.3) is 5.79 Å². The molecule has 4 unspecified atom stereocenters. The van der Waals surface area contributed by atoms with E-state index < -0.39 is 177 Å². The first kappa shape index (κ1) is 62.3. The fourth-order valence-corrected chi connectivity index (χ4v) is 10.4. The predicted octanol–water partition coefficient (Wildman–Crippen LogP) is -6.38. The Labute approximate surface area is 423 Å². The maximum absolute atomic E-state index is 14.4. The van der Waals surface area contributed by atoms with Gasteiger partial charge in [-0.15, -0.1) is 0 Å². The van der Waals surface area contributed by atoms with Crippen molar-refractivity contribution in [2.24, 2.45) is 17.2 Å². The largest absolute Gasteiger partial charge is 0.477 e. The first-order valence-corrected chi connectivity index (χ1v) is 25.9. The number of amides is 7. The lowest BCUT2D eigenvalue weighted by molar-refractivity contribution is -0.307. The summed E-state index contributed by atoms with van der Waals surface area (Å²) in [5.74, 6) is -9.87. The number of aliphatic carboxylic acids is 1. The van der Waals surface area contributed by atoms with Crippen molar-refractivity contribution in [3.05, 3.63) is 0 Å². The van der Waals surface area contributed by atoms with E-state index in [1.807, 2.05) is 6.92 Å². The summed E-state index contributed by atoms with van der Waals surface area (Å²) in [5.41, 5.74) is 17.2. The van der Waals surface area contributed by atoms with E-state index in [0.717, 1.165) is 30.4 Å². The number of rotatable bonds is 29. The quantitative estimate of drug-likeness (QED) is 0.0188. The highest BCUT2D eigenvalue weighted by molar-refractivity contribution is 8.76. The molecule has 0 aromatic carbocycles. The molecule has 17 atom stereocenters. The maximum Gasteiger partial charge on any atom is 0.364 e. The van der Waals surface area contributed by atoms with Gasteiger partial charge in [-0.05, 0) is 47.0 Å². The molecule has 28 nitrogen and oxygen atoms in total. The number of ether oxygens (including phenoxy) is 4. The Morgan fingerprint density at radius 1 is 0.875 bits per heavy atom. The topological polar surface area (TPSA) is 448 Å². The van der Waals surface area contributed by atoms with Crippen LogP contribution in [0.4, 0.5) is 0 Å². The Morgan fingerprint density at radius 3 is 2.04 bits per heavy atom. The zero-order chi connectivity index (χ0) is 54.4. The maximum atomic E-state index is 14.4. The molecule has 412 valence electrons. The van der Waals surface area contributed by atoms with E-state index in [1.165, 1.54) is 54.2 Å².